The minimum absolute atomic E-state index is 0.136. The quantitative estimate of drug-likeness (QED) is 0.724. The molecule has 0 saturated carbocycles. The van der Waals surface area contributed by atoms with E-state index < -0.39 is 0 Å². The molecule has 0 unspecified atom stereocenters. The first-order valence-electron chi connectivity index (χ1n) is 9.86. The highest BCUT2D eigenvalue weighted by atomic mass is 32.2. The Morgan fingerprint density at radius 1 is 0.931 bits per heavy atom. The molecule has 0 spiro atoms. The number of rotatable bonds is 3. The van der Waals surface area contributed by atoms with Gasteiger partial charge in [0.1, 0.15) is 0 Å². The minimum atomic E-state index is -0.136. The number of benzene rings is 2. The molecule has 1 amide bonds. The summed E-state index contributed by atoms with van der Waals surface area (Å²) in [6, 6.07) is 16.9. The largest absolute Gasteiger partial charge is 0.378 e. The standard InChI is InChI=1S/C23H26N4OS/c1-17-4-8-20(9-5-17)26-12-14-27(15-13-26)23-24-22(28)21(29-23)16-18-6-10-19(11-7-18)25(2)3/h4-11,16H,12-15H2,1-3H3/b21-16+. The SMILES string of the molecule is Cc1ccc(N2CCN(C3=NC(=O)/C(=C\c4ccc(N(C)C)cc4)S3)CC2)cc1. The molecule has 2 aliphatic rings. The Balaban J connectivity index is 1.38. The van der Waals surface area contributed by atoms with Crippen molar-refractivity contribution in [2.24, 2.45) is 4.99 Å². The maximum atomic E-state index is 12.4. The molecule has 2 heterocycles. The summed E-state index contributed by atoms with van der Waals surface area (Å²) in [5.74, 6) is -0.136. The molecule has 29 heavy (non-hydrogen) atoms. The minimum Gasteiger partial charge on any atom is -0.378 e. The van der Waals surface area contributed by atoms with E-state index in [1.807, 2.05) is 32.3 Å². The Kier molecular flexibility index (Phi) is 5.62. The van der Waals surface area contributed by atoms with Gasteiger partial charge < -0.3 is 14.7 Å². The van der Waals surface area contributed by atoms with Gasteiger partial charge in [-0.2, -0.15) is 4.99 Å². The van der Waals surface area contributed by atoms with Gasteiger partial charge >= 0.3 is 0 Å². The van der Waals surface area contributed by atoms with Crippen LogP contribution in [0.25, 0.3) is 6.08 Å². The first-order valence-corrected chi connectivity index (χ1v) is 10.7. The first-order chi connectivity index (χ1) is 14.0. The van der Waals surface area contributed by atoms with Crippen LogP contribution in [0.5, 0.6) is 0 Å². The van der Waals surface area contributed by atoms with Crippen LogP contribution < -0.4 is 9.80 Å². The molecule has 2 aliphatic heterocycles. The molecule has 1 fully saturated rings. The Morgan fingerprint density at radius 3 is 2.17 bits per heavy atom. The molecule has 0 aliphatic carbocycles. The number of aliphatic imine (C=N–C) groups is 1. The van der Waals surface area contributed by atoms with Gasteiger partial charge in [-0.1, -0.05) is 29.8 Å². The van der Waals surface area contributed by atoms with Crippen molar-refractivity contribution in [2.75, 3.05) is 50.1 Å². The number of nitrogens with zero attached hydrogens (tertiary/aromatic N) is 4. The highest BCUT2D eigenvalue weighted by molar-refractivity contribution is 8.18. The van der Waals surface area contributed by atoms with Crippen LogP contribution in [0.2, 0.25) is 0 Å². The zero-order valence-electron chi connectivity index (χ0n) is 17.1. The Hall–Kier alpha value is -2.73. The first kappa shape index (κ1) is 19.6. The number of amides is 1. The van der Waals surface area contributed by atoms with E-state index >= 15 is 0 Å². The van der Waals surface area contributed by atoms with Gasteiger partial charge in [0.25, 0.3) is 5.91 Å². The Morgan fingerprint density at radius 2 is 1.55 bits per heavy atom. The van der Waals surface area contributed by atoms with E-state index in [-0.39, 0.29) is 5.91 Å². The molecule has 2 aromatic carbocycles. The van der Waals surface area contributed by atoms with Crippen molar-refractivity contribution >= 4 is 40.3 Å². The summed E-state index contributed by atoms with van der Waals surface area (Å²) in [5.41, 5.74) is 4.69. The highest BCUT2D eigenvalue weighted by Crippen LogP contribution is 2.31. The second-order valence-corrected chi connectivity index (χ2v) is 8.61. The fourth-order valence-corrected chi connectivity index (χ4v) is 4.43. The lowest BCUT2D eigenvalue weighted by Gasteiger charge is -2.36. The van der Waals surface area contributed by atoms with E-state index in [9.17, 15) is 4.79 Å². The van der Waals surface area contributed by atoms with Crippen LogP contribution in [0.4, 0.5) is 11.4 Å². The third kappa shape index (κ3) is 4.48. The number of hydrogen-bond donors (Lipinski definition) is 0. The molecule has 4 rings (SSSR count). The second-order valence-electron chi connectivity index (χ2n) is 7.61. The lowest BCUT2D eigenvalue weighted by Crippen LogP contribution is -2.47. The lowest BCUT2D eigenvalue weighted by atomic mass is 10.2. The maximum Gasteiger partial charge on any atom is 0.286 e. The van der Waals surface area contributed by atoms with Crippen LogP contribution >= 0.6 is 11.8 Å². The van der Waals surface area contributed by atoms with Crippen molar-refractivity contribution < 1.29 is 4.79 Å². The molecule has 0 aromatic heterocycles. The van der Waals surface area contributed by atoms with Crippen molar-refractivity contribution in [2.45, 2.75) is 6.92 Å². The normalized spacial score (nSPS) is 18.4. The Labute approximate surface area is 176 Å². The molecule has 0 bridgehead atoms. The zero-order chi connectivity index (χ0) is 20.4. The molecule has 2 aromatic rings. The lowest BCUT2D eigenvalue weighted by molar-refractivity contribution is -0.113. The molecule has 5 nitrogen and oxygen atoms in total. The summed E-state index contributed by atoms with van der Waals surface area (Å²) in [6.07, 6.45) is 1.94. The van der Waals surface area contributed by atoms with Crippen LogP contribution in [-0.2, 0) is 4.79 Å². The number of anilines is 2. The highest BCUT2D eigenvalue weighted by Gasteiger charge is 2.28. The van der Waals surface area contributed by atoms with Gasteiger partial charge in [0.2, 0.25) is 0 Å². The average Bonchev–Trinajstić information content (AvgIpc) is 3.09. The summed E-state index contributed by atoms with van der Waals surface area (Å²) >= 11 is 1.49. The zero-order valence-corrected chi connectivity index (χ0v) is 17.9. The third-order valence-corrected chi connectivity index (χ3v) is 6.31. The summed E-state index contributed by atoms with van der Waals surface area (Å²) < 4.78 is 0. The molecular formula is C23H26N4OS. The van der Waals surface area contributed by atoms with Crippen molar-refractivity contribution in [3.8, 4) is 0 Å². The molecule has 0 atom stereocenters. The number of piperazine rings is 1. The van der Waals surface area contributed by atoms with Crippen molar-refractivity contribution in [3.05, 3.63) is 64.6 Å². The van der Waals surface area contributed by atoms with E-state index in [4.69, 9.17) is 0 Å². The van der Waals surface area contributed by atoms with Gasteiger partial charge in [-0.25, -0.2) is 0 Å². The molecule has 0 radical (unpaired) electrons. The summed E-state index contributed by atoms with van der Waals surface area (Å²) in [6.45, 7) is 5.72. The van der Waals surface area contributed by atoms with Gasteiger partial charge in [0.15, 0.2) is 5.17 Å². The summed E-state index contributed by atoms with van der Waals surface area (Å²) in [4.78, 5) is 24.1. The number of hydrogen-bond acceptors (Lipinski definition) is 5. The molecule has 0 N–H and O–H groups in total. The molecule has 6 heteroatoms. The fourth-order valence-electron chi connectivity index (χ4n) is 3.46. The van der Waals surface area contributed by atoms with Crippen LogP contribution in [0.1, 0.15) is 11.1 Å². The fraction of sp³-hybridized carbons (Fsp3) is 0.304. The van der Waals surface area contributed by atoms with Gasteiger partial charge in [0.05, 0.1) is 4.91 Å². The van der Waals surface area contributed by atoms with E-state index in [0.29, 0.717) is 4.91 Å². The van der Waals surface area contributed by atoms with Crippen LogP contribution in [0.3, 0.4) is 0 Å². The van der Waals surface area contributed by atoms with Crippen LogP contribution in [0, 0.1) is 6.92 Å². The van der Waals surface area contributed by atoms with Crippen molar-refractivity contribution in [3.63, 3.8) is 0 Å². The molecule has 1 saturated heterocycles. The maximum absolute atomic E-state index is 12.4. The van der Waals surface area contributed by atoms with E-state index in [1.165, 1.54) is 23.0 Å². The Bertz CT molecular complexity index is 940. The number of carbonyl (C=O) groups excluding carboxylic acids is 1. The van der Waals surface area contributed by atoms with Crippen LogP contribution in [0.15, 0.2) is 58.4 Å². The second kappa shape index (κ2) is 8.33. The summed E-state index contributed by atoms with van der Waals surface area (Å²) in [7, 11) is 4.03. The predicted molar refractivity (Wildman–Crippen MR) is 124 cm³/mol. The molecular weight excluding hydrogens is 380 g/mol. The van der Waals surface area contributed by atoms with Gasteiger partial charge in [-0.3, -0.25) is 4.79 Å². The predicted octanol–water partition coefficient (Wildman–Crippen LogP) is 3.85. The van der Waals surface area contributed by atoms with Crippen molar-refractivity contribution in [1.82, 2.24) is 4.90 Å². The average molecular weight is 407 g/mol. The van der Waals surface area contributed by atoms with E-state index in [0.717, 1.165) is 42.6 Å². The summed E-state index contributed by atoms with van der Waals surface area (Å²) in [5, 5.41) is 0.828. The van der Waals surface area contributed by atoms with E-state index in [2.05, 4.69) is 63.0 Å². The monoisotopic (exact) mass is 406 g/mol. The van der Waals surface area contributed by atoms with Gasteiger partial charge in [0, 0.05) is 51.6 Å². The third-order valence-electron chi connectivity index (χ3n) is 5.27. The van der Waals surface area contributed by atoms with Gasteiger partial charge in [-0.05, 0) is 54.6 Å². The van der Waals surface area contributed by atoms with Gasteiger partial charge in [-0.15, -0.1) is 0 Å². The topological polar surface area (TPSA) is 39.1 Å². The number of thioether (sulfide) groups is 1. The number of aryl methyl sites for hydroxylation is 1. The number of amidine groups is 1. The van der Waals surface area contributed by atoms with E-state index in [1.54, 1.807) is 0 Å². The number of carbonyl (C=O) groups is 1. The smallest absolute Gasteiger partial charge is 0.286 e. The van der Waals surface area contributed by atoms with Crippen molar-refractivity contribution in [1.29, 1.82) is 0 Å². The molecule has 150 valence electrons. The van der Waals surface area contributed by atoms with Crippen LogP contribution in [-0.4, -0.2) is 56.2 Å².